The van der Waals surface area contributed by atoms with Gasteiger partial charge in [-0.15, -0.1) is 5.10 Å². The van der Waals surface area contributed by atoms with Crippen LogP contribution in [0, 0.1) is 0 Å². The van der Waals surface area contributed by atoms with Crippen LogP contribution in [0.25, 0.3) is 16.8 Å². The molecule has 0 saturated carbocycles. The quantitative estimate of drug-likeness (QED) is 0.570. The van der Waals surface area contributed by atoms with Crippen molar-refractivity contribution in [3.63, 3.8) is 0 Å². The third-order valence-electron chi connectivity index (χ3n) is 6.85. The SMILES string of the molecule is COc1ccc(-c2cccn3nc(NC4(C)C=CC(C(=O)NC5CCN(C)CC5)=CC4)nc23)cc1. The lowest BCUT2D eigenvalue weighted by molar-refractivity contribution is -0.118. The van der Waals surface area contributed by atoms with E-state index in [0.29, 0.717) is 17.9 Å². The van der Waals surface area contributed by atoms with E-state index in [1.165, 1.54) is 0 Å². The lowest BCUT2D eigenvalue weighted by Gasteiger charge is -2.31. The second-order valence-corrected chi connectivity index (χ2v) is 9.64. The third kappa shape index (κ3) is 5.07. The van der Waals surface area contributed by atoms with Crippen LogP contribution in [0.3, 0.4) is 0 Å². The Labute approximate surface area is 205 Å². The van der Waals surface area contributed by atoms with Crippen LogP contribution in [0.2, 0.25) is 0 Å². The minimum Gasteiger partial charge on any atom is -0.497 e. The summed E-state index contributed by atoms with van der Waals surface area (Å²) in [6.45, 7) is 4.13. The molecule has 2 aliphatic rings. The highest BCUT2D eigenvalue weighted by Crippen LogP contribution is 2.28. The highest BCUT2D eigenvalue weighted by molar-refractivity contribution is 5.96. The lowest BCUT2D eigenvalue weighted by Crippen LogP contribution is -2.44. The van der Waals surface area contributed by atoms with Crippen molar-refractivity contribution in [3.05, 3.63) is 66.4 Å². The van der Waals surface area contributed by atoms with E-state index in [1.807, 2.05) is 60.8 Å². The van der Waals surface area contributed by atoms with Gasteiger partial charge in [0.1, 0.15) is 5.75 Å². The van der Waals surface area contributed by atoms with Crippen LogP contribution in [-0.2, 0) is 4.79 Å². The molecule has 5 rings (SSSR count). The smallest absolute Gasteiger partial charge is 0.251 e. The normalized spacial score (nSPS) is 21.1. The minimum absolute atomic E-state index is 0.00726. The van der Waals surface area contributed by atoms with Crippen molar-refractivity contribution in [2.45, 2.75) is 37.8 Å². The number of ether oxygens (including phenoxy) is 1. The van der Waals surface area contributed by atoms with Crippen molar-refractivity contribution >= 4 is 17.5 Å². The predicted octanol–water partition coefficient (Wildman–Crippen LogP) is 3.67. The monoisotopic (exact) mass is 472 g/mol. The highest BCUT2D eigenvalue weighted by atomic mass is 16.5. The Bertz CT molecular complexity index is 1270. The number of hydrogen-bond donors (Lipinski definition) is 2. The maximum atomic E-state index is 12.7. The van der Waals surface area contributed by atoms with Crippen molar-refractivity contribution in [2.24, 2.45) is 0 Å². The van der Waals surface area contributed by atoms with Crippen molar-refractivity contribution in [1.29, 1.82) is 0 Å². The molecule has 1 aromatic carbocycles. The van der Waals surface area contributed by atoms with Gasteiger partial charge in [0.15, 0.2) is 5.65 Å². The third-order valence-corrected chi connectivity index (χ3v) is 6.85. The van der Waals surface area contributed by atoms with Gasteiger partial charge in [0, 0.05) is 23.4 Å². The molecule has 1 amide bonds. The molecule has 1 atom stereocenters. The maximum absolute atomic E-state index is 12.7. The van der Waals surface area contributed by atoms with Crippen LogP contribution in [0.15, 0.2) is 66.4 Å². The molecule has 8 nitrogen and oxygen atoms in total. The van der Waals surface area contributed by atoms with E-state index in [0.717, 1.165) is 48.5 Å². The number of nitrogens with zero attached hydrogens (tertiary/aromatic N) is 4. The van der Waals surface area contributed by atoms with Gasteiger partial charge < -0.3 is 20.3 Å². The fourth-order valence-corrected chi connectivity index (χ4v) is 4.62. The van der Waals surface area contributed by atoms with E-state index >= 15 is 0 Å². The van der Waals surface area contributed by atoms with Crippen LogP contribution >= 0.6 is 0 Å². The average molecular weight is 473 g/mol. The number of anilines is 1. The molecule has 1 aliphatic carbocycles. The molecule has 35 heavy (non-hydrogen) atoms. The molecule has 0 spiro atoms. The van der Waals surface area contributed by atoms with Gasteiger partial charge in [-0.1, -0.05) is 30.4 Å². The Morgan fingerprint density at radius 3 is 2.63 bits per heavy atom. The molecule has 2 aromatic heterocycles. The average Bonchev–Trinajstić information content (AvgIpc) is 3.27. The Morgan fingerprint density at radius 2 is 1.94 bits per heavy atom. The summed E-state index contributed by atoms with van der Waals surface area (Å²) >= 11 is 0. The molecule has 0 radical (unpaired) electrons. The van der Waals surface area contributed by atoms with Crippen LogP contribution in [0.5, 0.6) is 5.75 Å². The first kappa shape index (κ1) is 23.1. The summed E-state index contributed by atoms with van der Waals surface area (Å²) < 4.78 is 7.06. The molecule has 2 N–H and O–H groups in total. The number of hydrogen-bond acceptors (Lipinski definition) is 6. The number of fused-ring (bicyclic) bond motifs is 1. The standard InChI is InChI=1S/C27H32N6O2/c1-27(14-10-20(11-15-27)25(34)28-21-12-17-32(2)18-13-21)30-26-29-24-23(5-4-16-33(24)31-26)19-6-8-22(35-3)9-7-19/h4-11,14,16,21H,12-13,15,17-18H2,1-3H3,(H,28,34)(H,30,31). The predicted molar refractivity (Wildman–Crippen MR) is 138 cm³/mol. The van der Waals surface area contributed by atoms with Gasteiger partial charge in [-0.05, 0) is 76.2 Å². The van der Waals surface area contributed by atoms with Crippen molar-refractivity contribution in [2.75, 3.05) is 32.6 Å². The first-order valence-electron chi connectivity index (χ1n) is 12.1. The number of amides is 1. The zero-order valence-electron chi connectivity index (χ0n) is 20.5. The van der Waals surface area contributed by atoms with E-state index in [1.54, 1.807) is 11.6 Å². The second kappa shape index (κ2) is 9.54. The molecule has 3 aromatic rings. The van der Waals surface area contributed by atoms with Crippen molar-refractivity contribution < 1.29 is 9.53 Å². The molecule has 1 saturated heterocycles. The van der Waals surface area contributed by atoms with Gasteiger partial charge in [-0.2, -0.15) is 4.98 Å². The maximum Gasteiger partial charge on any atom is 0.251 e. The molecule has 8 heteroatoms. The van der Waals surface area contributed by atoms with Gasteiger partial charge in [0.25, 0.3) is 5.91 Å². The Kier molecular flexibility index (Phi) is 6.30. The Morgan fingerprint density at radius 1 is 1.17 bits per heavy atom. The number of rotatable bonds is 6. The van der Waals surface area contributed by atoms with Crippen molar-refractivity contribution in [3.8, 4) is 16.9 Å². The zero-order chi connectivity index (χ0) is 24.4. The van der Waals surface area contributed by atoms with E-state index in [-0.39, 0.29) is 17.5 Å². The Balaban J connectivity index is 1.27. The topological polar surface area (TPSA) is 83.8 Å². The zero-order valence-corrected chi connectivity index (χ0v) is 20.5. The summed E-state index contributed by atoms with van der Waals surface area (Å²) in [6.07, 6.45) is 10.5. The lowest BCUT2D eigenvalue weighted by atomic mass is 9.90. The highest BCUT2D eigenvalue weighted by Gasteiger charge is 2.27. The number of methoxy groups -OCH3 is 1. The number of likely N-dealkylation sites (tertiary alicyclic amines) is 1. The summed E-state index contributed by atoms with van der Waals surface area (Å²) in [6, 6.07) is 12.2. The second-order valence-electron chi connectivity index (χ2n) is 9.64. The molecular weight excluding hydrogens is 440 g/mol. The van der Waals surface area contributed by atoms with Crippen LogP contribution in [0.4, 0.5) is 5.95 Å². The summed E-state index contributed by atoms with van der Waals surface area (Å²) in [4.78, 5) is 19.8. The summed E-state index contributed by atoms with van der Waals surface area (Å²) in [7, 11) is 3.78. The number of nitrogens with one attached hydrogen (secondary N) is 2. The number of benzene rings is 1. The van der Waals surface area contributed by atoms with Gasteiger partial charge in [-0.3, -0.25) is 4.79 Å². The van der Waals surface area contributed by atoms with Crippen LogP contribution in [-0.4, -0.2) is 64.2 Å². The Hall–Kier alpha value is -3.65. The van der Waals surface area contributed by atoms with Crippen molar-refractivity contribution in [1.82, 2.24) is 24.8 Å². The minimum atomic E-state index is -0.386. The summed E-state index contributed by atoms with van der Waals surface area (Å²) in [5, 5.41) is 11.3. The molecule has 0 bridgehead atoms. The molecular formula is C27H32N6O2. The number of aromatic nitrogens is 3. The van der Waals surface area contributed by atoms with Gasteiger partial charge in [0.2, 0.25) is 5.95 Å². The first-order chi connectivity index (χ1) is 16.9. The molecule has 1 aliphatic heterocycles. The fourth-order valence-electron chi connectivity index (χ4n) is 4.62. The molecule has 182 valence electrons. The molecule has 3 heterocycles. The van der Waals surface area contributed by atoms with E-state index < -0.39 is 0 Å². The largest absolute Gasteiger partial charge is 0.497 e. The van der Waals surface area contributed by atoms with Crippen LogP contribution < -0.4 is 15.4 Å². The molecule has 1 fully saturated rings. The summed E-state index contributed by atoms with van der Waals surface area (Å²) in [5.74, 6) is 1.37. The van der Waals surface area contributed by atoms with Crippen LogP contribution in [0.1, 0.15) is 26.2 Å². The van der Waals surface area contributed by atoms with E-state index in [2.05, 4.69) is 34.6 Å². The molecule has 1 unspecified atom stereocenters. The fraction of sp³-hybridized carbons (Fsp3) is 0.370. The number of carbonyl (C=O) groups is 1. The first-order valence-corrected chi connectivity index (χ1v) is 12.1. The number of piperidine rings is 1. The number of carbonyl (C=O) groups excluding carboxylic acids is 1. The van der Waals surface area contributed by atoms with E-state index in [9.17, 15) is 4.79 Å². The number of pyridine rings is 1. The van der Waals surface area contributed by atoms with E-state index in [4.69, 9.17) is 9.72 Å². The van der Waals surface area contributed by atoms with Gasteiger partial charge >= 0.3 is 0 Å². The van der Waals surface area contributed by atoms with Gasteiger partial charge in [0.05, 0.1) is 12.6 Å². The van der Waals surface area contributed by atoms with Gasteiger partial charge in [-0.25, -0.2) is 4.52 Å². The summed E-state index contributed by atoms with van der Waals surface area (Å²) in [5.41, 5.74) is 3.14.